The molecule has 136 valence electrons. The molecule has 27 heavy (non-hydrogen) atoms. The lowest BCUT2D eigenvalue weighted by molar-refractivity contribution is 0.0950. The standard InChI is InChI=1S/C22H22N4O/c1-15-12-16(2)19-14-21(24-20(19)13-15)22(27)23-10-8-17-9-11-26(25-17)18-6-4-3-5-7-18/h3-7,9,11-14,24H,8,10H2,1-2H3,(H,23,27). The third kappa shape index (κ3) is 3.62. The Bertz CT molecular complexity index is 1090. The second kappa shape index (κ2) is 7.11. The van der Waals surface area contributed by atoms with E-state index in [1.165, 1.54) is 11.1 Å². The Labute approximate surface area is 158 Å². The van der Waals surface area contributed by atoms with Gasteiger partial charge < -0.3 is 10.3 Å². The van der Waals surface area contributed by atoms with Crippen LogP contribution in [0.3, 0.4) is 0 Å². The molecule has 4 rings (SSSR count). The summed E-state index contributed by atoms with van der Waals surface area (Å²) in [4.78, 5) is 15.7. The summed E-state index contributed by atoms with van der Waals surface area (Å²) in [5.41, 5.74) is 5.92. The number of nitrogens with zero attached hydrogens (tertiary/aromatic N) is 2. The van der Waals surface area contributed by atoms with Crippen LogP contribution in [-0.4, -0.2) is 27.2 Å². The van der Waals surface area contributed by atoms with Crippen molar-refractivity contribution in [1.82, 2.24) is 20.1 Å². The topological polar surface area (TPSA) is 62.7 Å². The van der Waals surface area contributed by atoms with E-state index in [2.05, 4.69) is 41.4 Å². The largest absolute Gasteiger partial charge is 0.351 e. The van der Waals surface area contributed by atoms with Crippen LogP contribution in [0.1, 0.15) is 27.3 Å². The number of hydrogen-bond acceptors (Lipinski definition) is 2. The predicted octanol–water partition coefficient (Wildman–Crippen LogP) is 3.94. The normalized spacial score (nSPS) is 11.0. The number of aromatic nitrogens is 3. The number of carbonyl (C=O) groups is 1. The fourth-order valence-corrected chi connectivity index (χ4v) is 3.34. The van der Waals surface area contributed by atoms with Crippen molar-refractivity contribution in [1.29, 1.82) is 0 Å². The third-order valence-electron chi connectivity index (χ3n) is 4.67. The number of aryl methyl sites for hydroxylation is 2. The zero-order chi connectivity index (χ0) is 18.8. The summed E-state index contributed by atoms with van der Waals surface area (Å²) in [6, 6.07) is 18.1. The number of para-hydroxylation sites is 1. The SMILES string of the molecule is Cc1cc(C)c2cc(C(=O)NCCc3ccn(-c4ccccc4)n3)[nH]c2c1. The summed E-state index contributed by atoms with van der Waals surface area (Å²) in [7, 11) is 0. The molecule has 0 fully saturated rings. The van der Waals surface area contributed by atoms with Gasteiger partial charge in [-0.25, -0.2) is 4.68 Å². The lowest BCUT2D eigenvalue weighted by atomic mass is 10.1. The molecule has 0 atom stereocenters. The monoisotopic (exact) mass is 358 g/mol. The van der Waals surface area contributed by atoms with Crippen molar-refractivity contribution in [2.75, 3.05) is 6.54 Å². The molecule has 4 aromatic rings. The molecule has 0 bridgehead atoms. The molecule has 5 nitrogen and oxygen atoms in total. The molecule has 0 spiro atoms. The van der Waals surface area contributed by atoms with Gasteiger partial charge in [0.1, 0.15) is 5.69 Å². The summed E-state index contributed by atoms with van der Waals surface area (Å²) >= 11 is 0. The van der Waals surface area contributed by atoms with Gasteiger partial charge in [-0.05, 0) is 55.3 Å². The van der Waals surface area contributed by atoms with Crippen LogP contribution in [0.4, 0.5) is 0 Å². The highest BCUT2D eigenvalue weighted by Crippen LogP contribution is 2.21. The first-order valence-corrected chi connectivity index (χ1v) is 9.08. The van der Waals surface area contributed by atoms with E-state index in [1.807, 2.05) is 53.3 Å². The van der Waals surface area contributed by atoms with Gasteiger partial charge >= 0.3 is 0 Å². The number of carbonyl (C=O) groups excluding carboxylic acids is 1. The van der Waals surface area contributed by atoms with E-state index in [0.717, 1.165) is 22.3 Å². The highest BCUT2D eigenvalue weighted by atomic mass is 16.1. The minimum Gasteiger partial charge on any atom is -0.351 e. The first-order chi connectivity index (χ1) is 13.1. The smallest absolute Gasteiger partial charge is 0.267 e. The molecule has 0 radical (unpaired) electrons. The number of aromatic amines is 1. The number of hydrogen-bond donors (Lipinski definition) is 2. The minimum atomic E-state index is -0.0919. The van der Waals surface area contributed by atoms with Gasteiger partial charge in [0.05, 0.1) is 11.4 Å². The van der Waals surface area contributed by atoms with E-state index in [0.29, 0.717) is 18.7 Å². The van der Waals surface area contributed by atoms with E-state index < -0.39 is 0 Å². The highest BCUT2D eigenvalue weighted by molar-refractivity contribution is 5.98. The third-order valence-corrected chi connectivity index (χ3v) is 4.67. The number of nitrogens with one attached hydrogen (secondary N) is 2. The van der Waals surface area contributed by atoms with Gasteiger partial charge in [0, 0.05) is 30.1 Å². The number of rotatable bonds is 5. The average molecular weight is 358 g/mol. The van der Waals surface area contributed by atoms with Crippen molar-refractivity contribution in [3.8, 4) is 5.69 Å². The van der Waals surface area contributed by atoms with Crippen LogP contribution in [-0.2, 0) is 6.42 Å². The molecule has 2 aromatic heterocycles. The lowest BCUT2D eigenvalue weighted by Crippen LogP contribution is -2.26. The predicted molar refractivity (Wildman–Crippen MR) is 107 cm³/mol. The fourth-order valence-electron chi connectivity index (χ4n) is 3.34. The Morgan fingerprint density at radius 3 is 2.74 bits per heavy atom. The van der Waals surface area contributed by atoms with Crippen LogP contribution in [0.5, 0.6) is 0 Å². The van der Waals surface area contributed by atoms with Gasteiger partial charge in [0.2, 0.25) is 0 Å². The van der Waals surface area contributed by atoms with E-state index in [1.54, 1.807) is 0 Å². The highest BCUT2D eigenvalue weighted by Gasteiger charge is 2.11. The molecule has 0 aliphatic rings. The molecule has 1 amide bonds. The van der Waals surface area contributed by atoms with Crippen LogP contribution in [0.2, 0.25) is 0 Å². The molecule has 5 heteroatoms. The molecule has 2 heterocycles. The molecule has 0 unspecified atom stereocenters. The summed E-state index contributed by atoms with van der Waals surface area (Å²) in [6.45, 7) is 4.66. The fraction of sp³-hybridized carbons (Fsp3) is 0.182. The maximum Gasteiger partial charge on any atom is 0.267 e. The number of H-pyrrole nitrogens is 1. The van der Waals surface area contributed by atoms with Gasteiger partial charge in [0.15, 0.2) is 0 Å². The van der Waals surface area contributed by atoms with E-state index >= 15 is 0 Å². The zero-order valence-corrected chi connectivity index (χ0v) is 15.5. The van der Waals surface area contributed by atoms with E-state index in [9.17, 15) is 4.79 Å². The van der Waals surface area contributed by atoms with Gasteiger partial charge in [-0.3, -0.25) is 4.79 Å². The van der Waals surface area contributed by atoms with Gasteiger partial charge in [-0.2, -0.15) is 5.10 Å². The van der Waals surface area contributed by atoms with Gasteiger partial charge in [-0.1, -0.05) is 24.3 Å². The Morgan fingerprint density at radius 2 is 1.93 bits per heavy atom. The van der Waals surface area contributed by atoms with Crippen LogP contribution in [0, 0.1) is 13.8 Å². The van der Waals surface area contributed by atoms with Crippen molar-refractivity contribution >= 4 is 16.8 Å². The Kier molecular flexibility index (Phi) is 4.50. The summed E-state index contributed by atoms with van der Waals surface area (Å²) < 4.78 is 1.85. The molecular formula is C22H22N4O. The molecule has 2 N–H and O–H groups in total. The van der Waals surface area contributed by atoms with Crippen molar-refractivity contribution in [3.63, 3.8) is 0 Å². The molecular weight excluding hydrogens is 336 g/mol. The van der Waals surface area contributed by atoms with Gasteiger partial charge in [-0.15, -0.1) is 0 Å². The Balaban J connectivity index is 1.39. The molecule has 0 saturated heterocycles. The first-order valence-electron chi connectivity index (χ1n) is 9.08. The number of fused-ring (bicyclic) bond motifs is 1. The first kappa shape index (κ1) is 17.1. The van der Waals surface area contributed by atoms with Crippen LogP contribution in [0.15, 0.2) is 60.8 Å². The minimum absolute atomic E-state index is 0.0919. The lowest BCUT2D eigenvalue weighted by Gasteiger charge is -2.02. The molecule has 0 aliphatic carbocycles. The summed E-state index contributed by atoms with van der Waals surface area (Å²) in [5, 5.41) is 8.63. The van der Waals surface area contributed by atoms with Crippen molar-refractivity contribution < 1.29 is 4.79 Å². The van der Waals surface area contributed by atoms with E-state index in [-0.39, 0.29) is 5.91 Å². The van der Waals surface area contributed by atoms with Crippen molar-refractivity contribution in [3.05, 3.63) is 83.3 Å². The van der Waals surface area contributed by atoms with E-state index in [4.69, 9.17) is 0 Å². The average Bonchev–Trinajstić information content (AvgIpc) is 3.29. The van der Waals surface area contributed by atoms with Crippen LogP contribution < -0.4 is 5.32 Å². The summed E-state index contributed by atoms with van der Waals surface area (Å²) in [5.74, 6) is -0.0919. The molecule has 0 aliphatic heterocycles. The Hall–Kier alpha value is -3.34. The Morgan fingerprint density at radius 1 is 1.11 bits per heavy atom. The van der Waals surface area contributed by atoms with Gasteiger partial charge in [0.25, 0.3) is 5.91 Å². The number of benzene rings is 2. The maximum atomic E-state index is 12.5. The van der Waals surface area contributed by atoms with Crippen molar-refractivity contribution in [2.45, 2.75) is 20.3 Å². The van der Waals surface area contributed by atoms with Crippen LogP contribution >= 0.6 is 0 Å². The van der Waals surface area contributed by atoms with Crippen molar-refractivity contribution in [2.24, 2.45) is 0 Å². The second-order valence-corrected chi connectivity index (χ2v) is 6.82. The summed E-state index contributed by atoms with van der Waals surface area (Å²) in [6.07, 6.45) is 2.62. The quantitative estimate of drug-likeness (QED) is 0.567. The van der Waals surface area contributed by atoms with Crippen LogP contribution in [0.25, 0.3) is 16.6 Å². The zero-order valence-electron chi connectivity index (χ0n) is 15.5. The maximum absolute atomic E-state index is 12.5. The molecule has 0 saturated carbocycles. The second-order valence-electron chi connectivity index (χ2n) is 6.82. The number of amides is 1. The molecule has 2 aromatic carbocycles.